The maximum Gasteiger partial charge on any atom is 0.307 e. The second kappa shape index (κ2) is 5.28. The summed E-state index contributed by atoms with van der Waals surface area (Å²) in [5, 5.41) is 12.3. The first kappa shape index (κ1) is 13.4. The molecule has 1 fully saturated rings. The van der Waals surface area contributed by atoms with Gasteiger partial charge in [0.2, 0.25) is 0 Å². The van der Waals surface area contributed by atoms with Gasteiger partial charge in [-0.1, -0.05) is 22.0 Å². The number of carboxylic acids is 1. The third-order valence-corrected chi connectivity index (χ3v) is 4.06. The van der Waals surface area contributed by atoms with Gasteiger partial charge in [-0.3, -0.25) is 4.79 Å². The maximum atomic E-state index is 11.0. The minimum absolute atomic E-state index is 0.0234. The minimum Gasteiger partial charge on any atom is -0.496 e. The molecule has 0 radical (unpaired) electrons. The highest BCUT2D eigenvalue weighted by molar-refractivity contribution is 9.10. The molecule has 18 heavy (non-hydrogen) atoms. The van der Waals surface area contributed by atoms with E-state index in [1.807, 2.05) is 19.1 Å². The highest BCUT2D eigenvalue weighted by atomic mass is 79.9. The van der Waals surface area contributed by atoms with Gasteiger partial charge in [0.15, 0.2) is 0 Å². The van der Waals surface area contributed by atoms with Gasteiger partial charge in [-0.05, 0) is 25.0 Å². The number of aryl methyl sites for hydroxylation is 1. The fourth-order valence-corrected chi connectivity index (χ4v) is 3.01. The summed E-state index contributed by atoms with van der Waals surface area (Å²) in [5.41, 5.74) is 2.07. The molecule has 2 atom stereocenters. The Morgan fingerprint density at radius 2 is 2.28 bits per heavy atom. The Kier molecular flexibility index (Phi) is 3.92. The zero-order chi connectivity index (χ0) is 13.3. The lowest BCUT2D eigenvalue weighted by molar-refractivity contribution is -0.141. The van der Waals surface area contributed by atoms with Crippen LogP contribution in [-0.4, -0.2) is 24.7 Å². The van der Waals surface area contributed by atoms with Crippen LogP contribution in [0.5, 0.6) is 5.75 Å². The molecule has 1 saturated heterocycles. The molecular formula is C13H16BrNO3. The number of carboxylic acid groups (broad SMARTS) is 1. The minimum atomic E-state index is -0.743. The highest BCUT2D eigenvalue weighted by Gasteiger charge is 2.33. The zero-order valence-corrected chi connectivity index (χ0v) is 12.0. The Hall–Kier alpha value is -1.07. The van der Waals surface area contributed by atoms with Gasteiger partial charge < -0.3 is 15.2 Å². The Balaban J connectivity index is 2.34. The standard InChI is InChI=1S/C13H16BrNO3/c1-7-3-4-9(14)11(12(7)18-2)10-5-8(6-15-10)13(16)17/h3-4,8,10,15H,5-6H2,1-2H3,(H,16,17). The monoisotopic (exact) mass is 313 g/mol. The molecule has 0 amide bonds. The molecule has 0 aromatic heterocycles. The fraction of sp³-hybridized carbons (Fsp3) is 0.462. The van der Waals surface area contributed by atoms with Gasteiger partial charge in [0.05, 0.1) is 13.0 Å². The molecule has 4 nitrogen and oxygen atoms in total. The second-order valence-electron chi connectivity index (χ2n) is 4.54. The van der Waals surface area contributed by atoms with E-state index in [-0.39, 0.29) is 12.0 Å². The summed E-state index contributed by atoms with van der Waals surface area (Å²) >= 11 is 3.52. The topological polar surface area (TPSA) is 58.6 Å². The molecule has 98 valence electrons. The van der Waals surface area contributed by atoms with Crippen LogP contribution in [0.4, 0.5) is 0 Å². The van der Waals surface area contributed by atoms with Crippen LogP contribution < -0.4 is 10.1 Å². The number of ether oxygens (including phenoxy) is 1. The van der Waals surface area contributed by atoms with Crippen LogP contribution in [-0.2, 0) is 4.79 Å². The average Bonchev–Trinajstić information content (AvgIpc) is 2.81. The first-order chi connectivity index (χ1) is 8.54. The smallest absolute Gasteiger partial charge is 0.307 e. The molecule has 1 aromatic rings. The lowest BCUT2D eigenvalue weighted by Crippen LogP contribution is -2.17. The zero-order valence-electron chi connectivity index (χ0n) is 10.4. The second-order valence-corrected chi connectivity index (χ2v) is 5.40. The number of hydrogen-bond acceptors (Lipinski definition) is 3. The van der Waals surface area contributed by atoms with Crippen LogP contribution in [0, 0.1) is 12.8 Å². The van der Waals surface area contributed by atoms with Gasteiger partial charge in [-0.25, -0.2) is 0 Å². The van der Waals surface area contributed by atoms with Crippen LogP contribution in [0.25, 0.3) is 0 Å². The Morgan fingerprint density at radius 1 is 1.56 bits per heavy atom. The predicted octanol–water partition coefficient (Wildman–Crippen LogP) is 2.50. The van der Waals surface area contributed by atoms with Gasteiger partial charge >= 0.3 is 5.97 Å². The third kappa shape index (κ3) is 2.37. The number of carbonyl (C=O) groups is 1. The number of methoxy groups -OCH3 is 1. The number of aliphatic carboxylic acids is 1. The molecule has 0 bridgehead atoms. The first-order valence-electron chi connectivity index (χ1n) is 5.83. The fourth-order valence-electron chi connectivity index (χ4n) is 2.42. The van der Waals surface area contributed by atoms with E-state index in [4.69, 9.17) is 9.84 Å². The molecule has 1 heterocycles. The van der Waals surface area contributed by atoms with Gasteiger partial charge in [-0.2, -0.15) is 0 Å². The normalized spacial score (nSPS) is 23.1. The van der Waals surface area contributed by atoms with E-state index in [2.05, 4.69) is 21.2 Å². The lowest BCUT2D eigenvalue weighted by atomic mass is 9.97. The number of halogens is 1. The number of nitrogens with one attached hydrogen (secondary N) is 1. The van der Waals surface area contributed by atoms with E-state index in [1.165, 1.54) is 0 Å². The van der Waals surface area contributed by atoms with Crippen molar-refractivity contribution < 1.29 is 14.6 Å². The van der Waals surface area contributed by atoms with E-state index < -0.39 is 5.97 Å². The molecule has 0 spiro atoms. The van der Waals surface area contributed by atoms with Gasteiger partial charge in [0.25, 0.3) is 0 Å². The largest absolute Gasteiger partial charge is 0.496 e. The molecule has 1 aromatic carbocycles. The molecule has 2 rings (SSSR count). The Labute approximate surface area is 114 Å². The van der Waals surface area contributed by atoms with Crippen molar-refractivity contribution in [2.45, 2.75) is 19.4 Å². The van der Waals surface area contributed by atoms with Crippen molar-refractivity contribution in [1.29, 1.82) is 0 Å². The molecule has 1 aliphatic rings. The number of hydrogen-bond donors (Lipinski definition) is 2. The lowest BCUT2D eigenvalue weighted by Gasteiger charge is -2.18. The van der Waals surface area contributed by atoms with E-state index in [1.54, 1.807) is 7.11 Å². The van der Waals surface area contributed by atoms with Crippen molar-refractivity contribution in [3.8, 4) is 5.75 Å². The van der Waals surface area contributed by atoms with E-state index in [9.17, 15) is 4.79 Å². The summed E-state index contributed by atoms with van der Waals surface area (Å²) in [6.45, 7) is 2.49. The molecule has 1 aliphatic heterocycles. The summed E-state index contributed by atoms with van der Waals surface area (Å²) in [7, 11) is 1.64. The van der Waals surface area contributed by atoms with Crippen molar-refractivity contribution in [2.24, 2.45) is 5.92 Å². The van der Waals surface area contributed by atoms with Crippen molar-refractivity contribution in [3.05, 3.63) is 27.7 Å². The summed E-state index contributed by atoms with van der Waals surface area (Å²) in [6, 6.07) is 3.98. The Bertz CT molecular complexity index is 476. The van der Waals surface area contributed by atoms with Crippen LogP contribution in [0.1, 0.15) is 23.6 Å². The molecule has 5 heteroatoms. The molecular weight excluding hydrogens is 298 g/mol. The van der Waals surface area contributed by atoms with Gasteiger partial charge in [0, 0.05) is 22.6 Å². The summed E-state index contributed by atoms with van der Waals surface area (Å²) in [5.74, 6) is -0.243. The molecule has 2 unspecified atom stereocenters. The molecule has 2 N–H and O–H groups in total. The van der Waals surface area contributed by atoms with E-state index >= 15 is 0 Å². The third-order valence-electron chi connectivity index (χ3n) is 3.37. The van der Waals surface area contributed by atoms with Crippen LogP contribution in [0.15, 0.2) is 16.6 Å². The highest BCUT2D eigenvalue weighted by Crippen LogP contribution is 2.39. The van der Waals surface area contributed by atoms with Crippen LogP contribution in [0.3, 0.4) is 0 Å². The van der Waals surface area contributed by atoms with Gasteiger partial charge in [0.1, 0.15) is 5.75 Å². The van der Waals surface area contributed by atoms with Crippen molar-refractivity contribution in [2.75, 3.05) is 13.7 Å². The Morgan fingerprint density at radius 3 is 2.83 bits per heavy atom. The number of rotatable bonds is 3. The van der Waals surface area contributed by atoms with Crippen LogP contribution >= 0.6 is 15.9 Å². The first-order valence-corrected chi connectivity index (χ1v) is 6.63. The summed E-state index contributed by atoms with van der Waals surface area (Å²) < 4.78 is 6.40. The molecule has 0 aliphatic carbocycles. The molecule has 0 saturated carbocycles. The van der Waals surface area contributed by atoms with E-state index in [0.717, 1.165) is 21.3 Å². The predicted molar refractivity (Wildman–Crippen MR) is 71.9 cm³/mol. The maximum absolute atomic E-state index is 11.0. The van der Waals surface area contributed by atoms with Crippen molar-refractivity contribution in [1.82, 2.24) is 5.32 Å². The van der Waals surface area contributed by atoms with E-state index in [0.29, 0.717) is 13.0 Å². The van der Waals surface area contributed by atoms with Crippen molar-refractivity contribution in [3.63, 3.8) is 0 Å². The van der Waals surface area contributed by atoms with Crippen LogP contribution in [0.2, 0.25) is 0 Å². The summed E-state index contributed by atoms with van der Waals surface area (Å²) in [6.07, 6.45) is 0.591. The number of benzene rings is 1. The van der Waals surface area contributed by atoms with Gasteiger partial charge in [-0.15, -0.1) is 0 Å². The van der Waals surface area contributed by atoms with Crippen molar-refractivity contribution >= 4 is 21.9 Å². The average molecular weight is 314 g/mol. The quantitative estimate of drug-likeness (QED) is 0.900. The SMILES string of the molecule is COc1c(C)ccc(Br)c1C1CC(C(=O)O)CN1. The summed E-state index contributed by atoms with van der Waals surface area (Å²) in [4.78, 5) is 11.0.